The first-order chi connectivity index (χ1) is 10.7. The van der Waals surface area contributed by atoms with Crippen molar-refractivity contribution in [3.63, 3.8) is 0 Å². The van der Waals surface area contributed by atoms with Crippen molar-refractivity contribution >= 4 is 5.97 Å². The quantitative estimate of drug-likeness (QED) is 0.637. The molecule has 22 heavy (non-hydrogen) atoms. The maximum Gasteiger partial charge on any atom is 0.321 e. The molecule has 120 valence electrons. The van der Waals surface area contributed by atoms with Crippen LogP contribution in [0.5, 0.6) is 0 Å². The largest absolute Gasteiger partial charge is 0.480 e. The molecule has 2 fully saturated rings. The first kappa shape index (κ1) is 15.5. The van der Waals surface area contributed by atoms with E-state index in [2.05, 4.69) is 10.6 Å². The van der Waals surface area contributed by atoms with Gasteiger partial charge in [0.25, 0.3) is 0 Å². The molecule has 0 radical (unpaired) electrons. The number of carboxylic acid groups (broad SMARTS) is 1. The van der Waals surface area contributed by atoms with Crippen molar-refractivity contribution in [2.45, 2.75) is 49.9 Å². The molecular weight excluding hydrogens is 280 g/mol. The fourth-order valence-electron chi connectivity index (χ4n) is 3.94. The fraction of sp³-hybridized carbons (Fsp3) is 0.588. The molecule has 5 heteroatoms. The first-order valence-electron chi connectivity index (χ1n) is 8.08. The van der Waals surface area contributed by atoms with E-state index in [1.807, 2.05) is 30.3 Å². The van der Waals surface area contributed by atoms with E-state index < -0.39 is 12.0 Å². The second-order valence-electron chi connectivity index (χ2n) is 6.50. The number of carbonyl (C=O) groups is 1. The summed E-state index contributed by atoms with van der Waals surface area (Å²) in [5, 5.41) is 26.0. The number of carboxylic acids is 1. The van der Waals surface area contributed by atoms with Gasteiger partial charge >= 0.3 is 5.97 Å². The van der Waals surface area contributed by atoms with Gasteiger partial charge in [0.2, 0.25) is 0 Å². The number of rotatable bonds is 6. The van der Waals surface area contributed by atoms with Gasteiger partial charge in [-0.25, -0.2) is 0 Å². The summed E-state index contributed by atoms with van der Waals surface area (Å²) in [6, 6.07) is 9.51. The summed E-state index contributed by atoms with van der Waals surface area (Å²) in [4.78, 5) is 11.8. The topological polar surface area (TPSA) is 81.6 Å². The summed E-state index contributed by atoms with van der Waals surface area (Å²) in [6.07, 6.45) is 4.09. The Morgan fingerprint density at radius 1 is 1.23 bits per heavy atom. The smallest absolute Gasteiger partial charge is 0.321 e. The average molecular weight is 304 g/mol. The number of piperidine rings is 1. The van der Waals surface area contributed by atoms with Gasteiger partial charge in [0, 0.05) is 12.1 Å². The van der Waals surface area contributed by atoms with E-state index in [1.165, 1.54) is 0 Å². The van der Waals surface area contributed by atoms with Gasteiger partial charge in [0.05, 0.1) is 12.6 Å². The first-order valence-corrected chi connectivity index (χ1v) is 8.08. The Bertz CT molecular complexity index is 496. The van der Waals surface area contributed by atoms with Crippen molar-refractivity contribution in [2.24, 2.45) is 5.92 Å². The van der Waals surface area contributed by atoms with Crippen LogP contribution in [0, 0.1) is 5.92 Å². The minimum Gasteiger partial charge on any atom is -0.480 e. The molecular formula is C17H24N2O3. The molecule has 1 aromatic carbocycles. The van der Waals surface area contributed by atoms with Crippen LogP contribution >= 0.6 is 0 Å². The number of aliphatic hydroxyl groups excluding tert-OH is 1. The molecule has 1 aromatic rings. The van der Waals surface area contributed by atoms with E-state index in [4.69, 9.17) is 0 Å². The number of aliphatic carboxylic acids is 1. The molecule has 0 saturated carbocycles. The molecule has 2 aliphatic rings. The minimum absolute atomic E-state index is 0.106. The Balaban J connectivity index is 1.72. The van der Waals surface area contributed by atoms with Crippen LogP contribution in [-0.4, -0.2) is 40.9 Å². The van der Waals surface area contributed by atoms with Gasteiger partial charge in [-0.05, 0) is 37.2 Å². The molecule has 4 N–H and O–H groups in total. The van der Waals surface area contributed by atoms with Crippen molar-refractivity contribution in [1.82, 2.24) is 10.6 Å². The van der Waals surface area contributed by atoms with Crippen LogP contribution in [0.2, 0.25) is 0 Å². The molecule has 0 amide bonds. The van der Waals surface area contributed by atoms with Gasteiger partial charge in [-0.3, -0.25) is 10.1 Å². The van der Waals surface area contributed by atoms with Gasteiger partial charge in [-0.1, -0.05) is 30.3 Å². The second kappa shape index (κ2) is 6.77. The highest BCUT2D eigenvalue weighted by molar-refractivity contribution is 5.74. The Morgan fingerprint density at radius 2 is 1.86 bits per heavy atom. The van der Waals surface area contributed by atoms with Crippen LogP contribution in [0.15, 0.2) is 30.3 Å². The zero-order valence-electron chi connectivity index (χ0n) is 12.6. The second-order valence-corrected chi connectivity index (χ2v) is 6.50. The monoisotopic (exact) mass is 304 g/mol. The summed E-state index contributed by atoms with van der Waals surface area (Å²) >= 11 is 0. The number of hydrogen-bond acceptors (Lipinski definition) is 4. The molecule has 4 atom stereocenters. The zero-order chi connectivity index (χ0) is 15.5. The zero-order valence-corrected chi connectivity index (χ0v) is 12.6. The lowest BCUT2D eigenvalue weighted by Crippen LogP contribution is -2.51. The van der Waals surface area contributed by atoms with Crippen molar-refractivity contribution in [1.29, 1.82) is 0 Å². The van der Waals surface area contributed by atoms with Gasteiger partial charge in [0.1, 0.15) is 6.04 Å². The van der Waals surface area contributed by atoms with E-state index in [0.717, 1.165) is 31.2 Å². The van der Waals surface area contributed by atoms with Gasteiger partial charge in [-0.2, -0.15) is 0 Å². The molecule has 0 aromatic heterocycles. The lowest BCUT2D eigenvalue weighted by molar-refractivity contribution is -0.141. The van der Waals surface area contributed by atoms with Crippen LogP contribution in [0.1, 0.15) is 37.3 Å². The van der Waals surface area contributed by atoms with E-state index in [1.54, 1.807) is 0 Å². The standard InChI is InChI=1S/C17H24N2O3/c20-10-15(11-4-2-1-3-5-11)19-16(17(21)22)12-8-13-6-7-14(9-12)18-13/h1-5,12-16,18-20H,6-10H2,(H,21,22)/t12?,13?,14?,15-,16?/m0/s1. The van der Waals surface area contributed by atoms with E-state index in [0.29, 0.717) is 12.1 Å². The Morgan fingerprint density at radius 3 is 2.41 bits per heavy atom. The third kappa shape index (κ3) is 3.32. The Hall–Kier alpha value is -1.43. The molecule has 0 spiro atoms. The summed E-state index contributed by atoms with van der Waals surface area (Å²) in [5.41, 5.74) is 0.924. The van der Waals surface area contributed by atoms with Crippen LogP contribution in [0.25, 0.3) is 0 Å². The Labute approximate surface area is 130 Å². The number of hydrogen-bond donors (Lipinski definition) is 4. The van der Waals surface area contributed by atoms with Crippen molar-refractivity contribution < 1.29 is 15.0 Å². The summed E-state index contributed by atoms with van der Waals surface area (Å²) in [7, 11) is 0. The highest BCUT2D eigenvalue weighted by Gasteiger charge is 2.40. The van der Waals surface area contributed by atoms with E-state index in [9.17, 15) is 15.0 Å². The highest BCUT2D eigenvalue weighted by Crippen LogP contribution is 2.33. The molecule has 5 nitrogen and oxygen atoms in total. The van der Waals surface area contributed by atoms with Gasteiger partial charge in [0.15, 0.2) is 0 Å². The molecule has 2 bridgehead atoms. The van der Waals surface area contributed by atoms with Crippen LogP contribution in [0.4, 0.5) is 0 Å². The van der Waals surface area contributed by atoms with Crippen LogP contribution < -0.4 is 10.6 Å². The number of benzene rings is 1. The predicted molar refractivity (Wildman–Crippen MR) is 83.5 cm³/mol. The molecule has 0 aliphatic carbocycles. The van der Waals surface area contributed by atoms with E-state index >= 15 is 0 Å². The normalized spacial score (nSPS) is 30.0. The third-order valence-corrected chi connectivity index (χ3v) is 5.01. The molecule has 3 unspecified atom stereocenters. The van der Waals surface area contributed by atoms with Crippen molar-refractivity contribution in [3.8, 4) is 0 Å². The minimum atomic E-state index is -0.819. The molecule has 2 aliphatic heterocycles. The SMILES string of the molecule is O=C(O)C(N[C@@H](CO)c1ccccc1)C1CC2CCC(C1)N2. The maximum absolute atomic E-state index is 11.8. The molecule has 2 heterocycles. The summed E-state index contributed by atoms with van der Waals surface area (Å²) in [5.74, 6) is -0.699. The summed E-state index contributed by atoms with van der Waals surface area (Å²) < 4.78 is 0. The van der Waals surface area contributed by atoms with Crippen LogP contribution in [0.3, 0.4) is 0 Å². The number of nitrogens with one attached hydrogen (secondary N) is 2. The maximum atomic E-state index is 11.8. The summed E-state index contributed by atoms with van der Waals surface area (Å²) in [6.45, 7) is -0.106. The third-order valence-electron chi connectivity index (χ3n) is 5.01. The van der Waals surface area contributed by atoms with Crippen molar-refractivity contribution in [2.75, 3.05) is 6.61 Å². The molecule has 2 saturated heterocycles. The predicted octanol–water partition coefficient (Wildman–Crippen LogP) is 1.29. The Kier molecular flexibility index (Phi) is 4.76. The lowest BCUT2D eigenvalue weighted by Gasteiger charge is -2.35. The molecule has 3 rings (SSSR count). The average Bonchev–Trinajstić information content (AvgIpc) is 2.87. The van der Waals surface area contributed by atoms with Gasteiger partial charge < -0.3 is 15.5 Å². The lowest BCUT2D eigenvalue weighted by atomic mass is 9.85. The van der Waals surface area contributed by atoms with Crippen molar-refractivity contribution in [3.05, 3.63) is 35.9 Å². The number of aliphatic hydroxyl groups is 1. The fourth-order valence-corrected chi connectivity index (χ4v) is 3.94. The highest BCUT2D eigenvalue weighted by atomic mass is 16.4. The van der Waals surface area contributed by atoms with E-state index in [-0.39, 0.29) is 18.6 Å². The number of fused-ring (bicyclic) bond motifs is 2. The van der Waals surface area contributed by atoms with Crippen LogP contribution in [-0.2, 0) is 4.79 Å². The van der Waals surface area contributed by atoms with Gasteiger partial charge in [-0.15, -0.1) is 0 Å².